The van der Waals surface area contributed by atoms with Gasteiger partial charge < -0.3 is 15.1 Å². The molecule has 2 unspecified atom stereocenters. The van der Waals surface area contributed by atoms with Crippen LogP contribution < -0.4 is 15.1 Å². The summed E-state index contributed by atoms with van der Waals surface area (Å²) in [5.41, 5.74) is 1.71. The first-order chi connectivity index (χ1) is 14.0. The molecule has 2 saturated heterocycles. The van der Waals surface area contributed by atoms with Gasteiger partial charge in [-0.25, -0.2) is 4.98 Å². The standard InChI is InChI=1S/C22H32N6O/c1-16-6-4-10-27(14-16)20-13-18(8-9-23-20)22(29)24-19-7-5-11-28(15-19)21-12-17(2)25-26(21)3/h8-9,12-13,16,19H,4-7,10-11,14-15H2,1-3H3,(H,24,29). The predicted octanol–water partition coefficient (Wildman–Crippen LogP) is 2.76. The van der Waals surface area contributed by atoms with E-state index in [-0.39, 0.29) is 11.9 Å². The minimum atomic E-state index is -0.00764. The van der Waals surface area contributed by atoms with E-state index >= 15 is 0 Å². The van der Waals surface area contributed by atoms with Crippen molar-refractivity contribution in [2.24, 2.45) is 13.0 Å². The van der Waals surface area contributed by atoms with E-state index in [9.17, 15) is 4.79 Å². The molecule has 4 rings (SSSR count). The Morgan fingerprint density at radius 2 is 1.93 bits per heavy atom. The second kappa shape index (κ2) is 8.43. The van der Waals surface area contributed by atoms with Crippen molar-refractivity contribution in [3.05, 3.63) is 35.7 Å². The number of nitrogens with zero attached hydrogens (tertiary/aromatic N) is 5. The van der Waals surface area contributed by atoms with Gasteiger partial charge in [0.1, 0.15) is 11.6 Å². The lowest BCUT2D eigenvalue weighted by Gasteiger charge is -2.34. The SMILES string of the molecule is Cc1cc(N2CCCC(NC(=O)c3ccnc(N4CCCC(C)C4)c3)C2)n(C)n1. The largest absolute Gasteiger partial charge is 0.356 e. The topological polar surface area (TPSA) is 66.3 Å². The lowest BCUT2D eigenvalue weighted by molar-refractivity contribution is 0.0933. The fourth-order valence-corrected chi connectivity index (χ4v) is 4.59. The van der Waals surface area contributed by atoms with Crippen LogP contribution in [0.3, 0.4) is 0 Å². The third-order valence-electron chi connectivity index (χ3n) is 6.05. The maximum Gasteiger partial charge on any atom is 0.251 e. The second-order valence-corrected chi connectivity index (χ2v) is 8.62. The number of rotatable bonds is 4. The number of amides is 1. The number of carbonyl (C=O) groups is 1. The zero-order valence-corrected chi connectivity index (χ0v) is 17.8. The Balaban J connectivity index is 1.41. The number of anilines is 2. The smallest absolute Gasteiger partial charge is 0.251 e. The van der Waals surface area contributed by atoms with Gasteiger partial charge in [0.25, 0.3) is 5.91 Å². The minimum absolute atomic E-state index is 0.00764. The number of piperidine rings is 2. The lowest BCUT2D eigenvalue weighted by Crippen LogP contribution is -2.48. The molecule has 2 atom stereocenters. The average molecular weight is 397 g/mol. The molecule has 1 N–H and O–H groups in total. The molecule has 2 aliphatic heterocycles. The monoisotopic (exact) mass is 396 g/mol. The molecule has 2 fully saturated rings. The van der Waals surface area contributed by atoms with E-state index in [2.05, 4.69) is 38.2 Å². The van der Waals surface area contributed by atoms with Crippen LogP contribution in [0.1, 0.15) is 48.7 Å². The molecule has 29 heavy (non-hydrogen) atoms. The fraction of sp³-hybridized carbons (Fsp3) is 0.591. The molecule has 2 aromatic heterocycles. The Morgan fingerprint density at radius 3 is 2.69 bits per heavy atom. The quantitative estimate of drug-likeness (QED) is 0.861. The Morgan fingerprint density at radius 1 is 1.14 bits per heavy atom. The molecule has 0 aliphatic carbocycles. The van der Waals surface area contributed by atoms with E-state index < -0.39 is 0 Å². The number of carbonyl (C=O) groups excluding carboxylic acids is 1. The first-order valence-electron chi connectivity index (χ1n) is 10.8. The normalized spacial score (nSPS) is 22.6. The number of aryl methyl sites for hydroxylation is 2. The Kier molecular flexibility index (Phi) is 5.74. The van der Waals surface area contributed by atoms with Gasteiger partial charge in [-0.1, -0.05) is 6.92 Å². The van der Waals surface area contributed by atoms with Crippen molar-refractivity contribution >= 4 is 17.5 Å². The van der Waals surface area contributed by atoms with Crippen molar-refractivity contribution in [1.29, 1.82) is 0 Å². The number of nitrogens with one attached hydrogen (secondary N) is 1. The summed E-state index contributed by atoms with van der Waals surface area (Å²) in [6.07, 6.45) is 6.27. The summed E-state index contributed by atoms with van der Waals surface area (Å²) >= 11 is 0. The third kappa shape index (κ3) is 4.54. The van der Waals surface area contributed by atoms with Crippen LogP contribution in [0.25, 0.3) is 0 Å². The van der Waals surface area contributed by atoms with Gasteiger partial charge in [-0.2, -0.15) is 5.10 Å². The van der Waals surface area contributed by atoms with E-state index in [1.807, 2.05) is 30.8 Å². The highest BCUT2D eigenvalue weighted by Crippen LogP contribution is 2.23. The summed E-state index contributed by atoms with van der Waals surface area (Å²) in [5.74, 6) is 2.70. The maximum atomic E-state index is 12.9. The maximum absolute atomic E-state index is 12.9. The van der Waals surface area contributed by atoms with Crippen molar-refractivity contribution < 1.29 is 4.79 Å². The van der Waals surface area contributed by atoms with Crippen LogP contribution in [-0.4, -0.2) is 52.9 Å². The molecule has 0 bridgehead atoms. The van der Waals surface area contributed by atoms with Crippen LogP contribution in [0.2, 0.25) is 0 Å². The number of aromatic nitrogens is 3. The van der Waals surface area contributed by atoms with Crippen molar-refractivity contribution in [2.75, 3.05) is 36.0 Å². The summed E-state index contributed by atoms with van der Waals surface area (Å²) in [6, 6.07) is 6.01. The number of hydrogen-bond acceptors (Lipinski definition) is 5. The van der Waals surface area contributed by atoms with Gasteiger partial charge >= 0.3 is 0 Å². The first kappa shape index (κ1) is 19.7. The molecule has 1 amide bonds. The highest BCUT2D eigenvalue weighted by Gasteiger charge is 2.24. The van der Waals surface area contributed by atoms with Crippen LogP contribution in [-0.2, 0) is 7.05 Å². The van der Waals surface area contributed by atoms with Gasteiger partial charge in [0.05, 0.1) is 5.69 Å². The van der Waals surface area contributed by atoms with E-state index in [0.29, 0.717) is 11.5 Å². The van der Waals surface area contributed by atoms with Gasteiger partial charge in [-0.05, 0) is 50.7 Å². The molecule has 0 radical (unpaired) electrons. The zero-order chi connectivity index (χ0) is 20.4. The van der Waals surface area contributed by atoms with Gasteiger partial charge in [0, 0.05) is 57.1 Å². The average Bonchev–Trinajstić information content (AvgIpc) is 3.06. The Hall–Kier alpha value is -2.57. The highest BCUT2D eigenvalue weighted by atomic mass is 16.1. The van der Waals surface area contributed by atoms with Crippen LogP contribution in [0.15, 0.2) is 24.4 Å². The van der Waals surface area contributed by atoms with Gasteiger partial charge in [-0.3, -0.25) is 9.48 Å². The van der Waals surface area contributed by atoms with Gasteiger partial charge in [-0.15, -0.1) is 0 Å². The summed E-state index contributed by atoms with van der Waals surface area (Å²) in [4.78, 5) is 22.1. The van der Waals surface area contributed by atoms with Crippen LogP contribution in [0.4, 0.5) is 11.6 Å². The number of pyridine rings is 1. The Labute approximate surface area is 173 Å². The molecule has 156 valence electrons. The molecular weight excluding hydrogens is 364 g/mol. The van der Waals surface area contributed by atoms with Crippen molar-refractivity contribution in [1.82, 2.24) is 20.1 Å². The van der Waals surface area contributed by atoms with Gasteiger partial charge in [0.15, 0.2) is 0 Å². The third-order valence-corrected chi connectivity index (χ3v) is 6.05. The molecule has 4 heterocycles. The van der Waals surface area contributed by atoms with Crippen molar-refractivity contribution in [3.8, 4) is 0 Å². The van der Waals surface area contributed by atoms with Crippen LogP contribution >= 0.6 is 0 Å². The molecule has 0 spiro atoms. The summed E-state index contributed by atoms with van der Waals surface area (Å²) in [7, 11) is 1.98. The van der Waals surface area contributed by atoms with E-state index in [1.165, 1.54) is 12.8 Å². The van der Waals surface area contributed by atoms with Crippen molar-refractivity contribution in [3.63, 3.8) is 0 Å². The molecule has 0 aromatic carbocycles. The molecule has 2 aromatic rings. The van der Waals surface area contributed by atoms with Crippen LogP contribution in [0, 0.1) is 12.8 Å². The Bertz CT molecular complexity index is 863. The number of hydrogen-bond donors (Lipinski definition) is 1. The molecule has 2 aliphatic rings. The molecule has 0 saturated carbocycles. The fourth-order valence-electron chi connectivity index (χ4n) is 4.59. The summed E-state index contributed by atoms with van der Waals surface area (Å²) < 4.78 is 1.92. The predicted molar refractivity (Wildman–Crippen MR) is 115 cm³/mol. The summed E-state index contributed by atoms with van der Waals surface area (Å²) in [5, 5.41) is 7.70. The van der Waals surface area contributed by atoms with Crippen LogP contribution in [0.5, 0.6) is 0 Å². The first-order valence-corrected chi connectivity index (χ1v) is 10.8. The van der Waals surface area contributed by atoms with Gasteiger partial charge in [0.2, 0.25) is 0 Å². The molecule has 7 heteroatoms. The zero-order valence-electron chi connectivity index (χ0n) is 17.8. The van der Waals surface area contributed by atoms with E-state index in [0.717, 1.165) is 56.4 Å². The van der Waals surface area contributed by atoms with E-state index in [1.54, 1.807) is 6.20 Å². The van der Waals surface area contributed by atoms with Crippen molar-refractivity contribution in [2.45, 2.75) is 45.6 Å². The minimum Gasteiger partial charge on any atom is -0.356 e. The van der Waals surface area contributed by atoms with E-state index in [4.69, 9.17) is 0 Å². The molecule has 7 nitrogen and oxygen atoms in total. The second-order valence-electron chi connectivity index (χ2n) is 8.62. The highest BCUT2D eigenvalue weighted by molar-refractivity contribution is 5.95. The molecular formula is C22H32N6O. The lowest BCUT2D eigenvalue weighted by atomic mass is 10.0. The summed E-state index contributed by atoms with van der Waals surface area (Å²) in [6.45, 7) is 8.13.